The topological polar surface area (TPSA) is 75.6 Å². The molecule has 0 aliphatic rings. The van der Waals surface area contributed by atoms with Crippen molar-refractivity contribution in [1.82, 2.24) is 0 Å². The lowest BCUT2D eigenvalue weighted by atomic mass is 10.1. The monoisotopic (exact) mass is 303 g/mol. The Kier molecular flexibility index (Phi) is 4.73. The number of benzene rings is 2. The second kappa shape index (κ2) is 6.71. The van der Waals surface area contributed by atoms with E-state index in [1.807, 2.05) is 18.2 Å². The maximum atomic E-state index is 13.6. The Morgan fingerprint density at radius 1 is 1.23 bits per heavy atom. The molecule has 5 nitrogen and oxygen atoms in total. The van der Waals surface area contributed by atoms with Crippen LogP contribution in [0, 0.1) is 12.7 Å². The number of amides is 1. The minimum absolute atomic E-state index is 0.0820. The molecule has 0 heterocycles. The normalized spacial score (nSPS) is 10.1. The van der Waals surface area contributed by atoms with E-state index in [0.29, 0.717) is 0 Å². The maximum absolute atomic E-state index is 13.6. The quantitative estimate of drug-likeness (QED) is 0.905. The van der Waals surface area contributed by atoms with E-state index in [2.05, 4.69) is 5.32 Å². The van der Waals surface area contributed by atoms with Crippen molar-refractivity contribution in [2.24, 2.45) is 0 Å². The average molecular weight is 303 g/mol. The molecule has 114 valence electrons. The Morgan fingerprint density at radius 2 is 1.91 bits per heavy atom. The molecule has 2 aromatic rings. The molecule has 0 unspecified atom stereocenters. The molecule has 0 bridgehead atoms. The van der Waals surface area contributed by atoms with Gasteiger partial charge in [0.2, 0.25) is 0 Å². The van der Waals surface area contributed by atoms with Gasteiger partial charge in [-0.3, -0.25) is 5.32 Å². The van der Waals surface area contributed by atoms with Gasteiger partial charge in [0, 0.05) is 5.69 Å². The molecule has 0 atom stereocenters. The number of nitrogens with one attached hydrogen (secondary N) is 1. The molecule has 1 amide bonds. The summed E-state index contributed by atoms with van der Waals surface area (Å²) in [7, 11) is 0. The number of aromatic carboxylic acids is 1. The van der Waals surface area contributed by atoms with E-state index in [1.165, 1.54) is 13.0 Å². The second-order valence-electron chi connectivity index (χ2n) is 4.65. The molecular weight excluding hydrogens is 289 g/mol. The van der Waals surface area contributed by atoms with Crippen molar-refractivity contribution < 1.29 is 23.8 Å². The number of anilines is 1. The number of rotatable bonds is 4. The van der Waals surface area contributed by atoms with Crippen LogP contribution in [0.25, 0.3) is 0 Å². The minimum Gasteiger partial charge on any atom is -0.478 e. The van der Waals surface area contributed by atoms with Crippen molar-refractivity contribution in [3.8, 4) is 0 Å². The van der Waals surface area contributed by atoms with Crippen molar-refractivity contribution in [2.45, 2.75) is 13.5 Å². The second-order valence-corrected chi connectivity index (χ2v) is 4.65. The molecule has 0 saturated carbocycles. The SMILES string of the molecule is Cc1cc(NC(=O)OCc2ccccc2)cc(C(=O)O)c1F. The van der Waals surface area contributed by atoms with Gasteiger partial charge in [-0.2, -0.15) is 0 Å². The van der Waals surface area contributed by atoms with Gasteiger partial charge in [-0.25, -0.2) is 14.0 Å². The summed E-state index contributed by atoms with van der Waals surface area (Å²) >= 11 is 0. The smallest absolute Gasteiger partial charge is 0.411 e. The Morgan fingerprint density at radius 3 is 2.55 bits per heavy atom. The van der Waals surface area contributed by atoms with Gasteiger partial charge in [-0.05, 0) is 30.2 Å². The van der Waals surface area contributed by atoms with Crippen molar-refractivity contribution in [2.75, 3.05) is 5.32 Å². The molecule has 0 aromatic heterocycles. The van der Waals surface area contributed by atoms with Gasteiger partial charge < -0.3 is 9.84 Å². The van der Waals surface area contributed by atoms with Crippen molar-refractivity contribution in [3.05, 3.63) is 65.0 Å². The van der Waals surface area contributed by atoms with Gasteiger partial charge in [0.05, 0.1) is 5.56 Å². The standard InChI is InChI=1S/C16H14FNO4/c1-10-7-12(8-13(14(10)17)15(19)20)18-16(21)22-9-11-5-3-2-4-6-11/h2-8H,9H2,1H3,(H,18,21)(H,19,20). The summed E-state index contributed by atoms with van der Waals surface area (Å²) in [5.74, 6) is -2.22. The van der Waals surface area contributed by atoms with Gasteiger partial charge in [0.1, 0.15) is 12.4 Å². The number of halogens is 1. The van der Waals surface area contributed by atoms with Crippen molar-refractivity contribution in [3.63, 3.8) is 0 Å². The highest BCUT2D eigenvalue weighted by Crippen LogP contribution is 2.19. The summed E-state index contributed by atoms with van der Waals surface area (Å²) in [6, 6.07) is 11.5. The first-order valence-electron chi connectivity index (χ1n) is 6.48. The highest BCUT2D eigenvalue weighted by molar-refractivity contribution is 5.92. The molecule has 0 fully saturated rings. The summed E-state index contributed by atoms with van der Waals surface area (Å²) in [5, 5.41) is 11.3. The zero-order valence-electron chi connectivity index (χ0n) is 11.8. The molecule has 2 rings (SSSR count). The summed E-state index contributed by atoms with van der Waals surface area (Å²) in [6.45, 7) is 1.50. The largest absolute Gasteiger partial charge is 0.478 e. The molecule has 0 aliphatic carbocycles. The van der Waals surface area contributed by atoms with Gasteiger partial charge in [0.25, 0.3) is 0 Å². The summed E-state index contributed by atoms with van der Waals surface area (Å²) < 4.78 is 18.6. The van der Waals surface area contributed by atoms with Crippen LogP contribution < -0.4 is 5.32 Å². The fraction of sp³-hybridized carbons (Fsp3) is 0.125. The first-order valence-corrected chi connectivity index (χ1v) is 6.48. The van der Waals surface area contributed by atoms with E-state index in [0.717, 1.165) is 11.6 Å². The average Bonchev–Trinajstić information content (AvgIpc) is 2.49. The zero-order valence-corrected chi connectivity index (χ0v) is 11.8. The third kappa shape index (κ3) is 3.82. The Labute approximate surface area is 126 Å². The van der Waals surface area contributed by atoms with Gasteiger partial charge >= 0.3 is 12.1 Å². The number of hydrogen-bond donors (Lipinski definition) is 2. The van der Waals surface area contributed by atoms with E-state index >= 15 is 0 Å². The number of carboxylic acid groups (broad SMARTS) is 1. The zero-order chi connectivity index (χ0) is 16.1. The highest BCUT2D eigenvalue weighted by atomic mass is 19.1. The third-order valence-corrected chi connectivity index (χ3v) is 2.94. The van der Waals surface area contributed by atoms with Crippen molar-refractivity contribution in [1.29, 1.82) is 0 Å². The van der Waals surface area contributed by atoms with Crippen LogP contribution >= 0.6 is 0 Å². The lowest BCUT2D eigenvalue weighted by molar-refractivity contribution is 0.0691. The van der Waals surface area contributed by atoms with Crippen LogP contribution in [0.3, 0.4) is 0 Å². The molecule has 6 heteroatoms. The molecule has 0 radical (unpaired) electrons. The third-order valence-electron chi connectivity index (χ3n) is 2.94. The molecule has 0 spiro atoms. The molecule has 2 N–H and O–H groups in total. The van der Waals surface area contributed by atoms with Crippen LogP contribution in [0.4, 0.5) is 14.9 Å². The maximum Gasteiger partial charge on any atom is 0.411 e. The summed E-state index contributed by atoms with van der Waals surface area (Å²) in [5.41, 5.74) is 0.602. The predicted octanol–water partition coefficient (Wildman–Crippen LogP) is 3.58. The number of carboxylic acids is 1. The summed E-state index contributed by atoms with van der Waals surface area (Å²) in [6.07, 6.45) is -0.744. The minimum atomic E-state index is -1.40. The van der Waals surface area contributed by atoms with E-state index in [-0.39, 0.29) is 17.9 Å². The van der Waals surface area contributed by atoms with Gasteiger partial charge in [-0.1, -0.05) is 30.3 Å². The molecule has 2 aromatic carbocycles. The number of aryl methyl sites for hydroxylation is 1. The summed E-state index contributed by atoms with van der Waals surface area (Å²) in [4.78, 5) is 22.6. The van der Waals surface area contributed by atoms with E-state index < -0.39 is 23.4 Å². The Bertz CT molecular complexity index is 701. The fourth-order valence-electron chi connectivity index (χ4n) is 1.87. The number of carbonyl (C=O) groups excluding carboxylic acids is 1. The van der Waals surface area contributed by atoms with Crippen LogP contribution in [0.5, 0.6) is 0 Å². The van der Waals surface area contributed by atoms with Gasteiger partial charge in [0.15, 0.2) is 0 Å². The van der Waals surface area contributed by atoms with Crippen LogP contribution in [-0.4, -0.2) is 17.2 Å². The Balaban J connectivity index is 2.04. The van der Waals surface area contributed by atoms with Crippen LogP contribution in [0.15, 0.2) is 42.5 Å². The molecule has 0 aliphatic heterocycles. The number of carbonyl (C=O) groups is 2. The first-order chi connectivity index (χ1) is 10.5. The van der Waals surface area contributed by atoms with E-state index in [1.54, 1.807) is 12.1 Å². The van der Waals surface area contributed by atoms with Crippen molar-refractivity contribution >= 4 is 17.7 Å². The molecule has 22 heavy (non-hydrogen) atoms. The molecule has 0 saturated heterocycles. The highest BCUT2D eigenvalue weighted by Gasteiger charge is 2.15. The van der Waals surface area contributed by atoms with Crippen LogP contribution in [0.1, 0.15) is 21.5 Å². The lowest BCUT2D eigenvalue weighted by Gasteiger charge is -2.09. The fourth-order valence-corrected chi connectivity index (χ4v) is 1.87. The Hall–Kier alpha value is -2.89. The first kappa shape index (κ1) is 15.5. The molecular formula is C16H14FNO4. The van der Waals surface area contributed by atoms with E-state index in [4.69, 9.17) is 9.84 Å². The van der Waals surface area contributed by atoms with Crippen LogP contribution in [0.2, 0.25) is 0 Å². The number of hydrogen-bond acceptors (Lipinski definition) is 3. The predicted molar refractivity (Wildman–Crippen MR) is 78.3 cm³/mol. The van der Waals surface area contributed by atoms with E-state index in [9.17, 15) is 14.0 Å². The van der Waals surface area contributed by atoms with Crippen LogP contribution in [-0.2, 0) is 11.3 Å². The number of ether oxygens (including phenoxy) is 1. The van der Waals surface area contributed by atoms with Gasteiger partial charge in [-0.15, -0.1) is 0 Å². The lowest BCUT2D eigenvalue weighted by Crippen LogP contribution is -2.14.